The third-order valence-corrected chi connectivity index (χ3v) is 4.61. The van der Waals surface area contributed by atoms with Crippen LogP contribution in [0.4, 0.5) is 5.69 Å². The van der Waals surface area contributed by atoms with Gasteiger partial charge in [0.05, 0.1) is 34.2 Å². The summed E-state index contributed by atoms with van der Waals surface area (Å²) in [5.74, 6) is 0.587. The molecular weight excluding hydrogens is 314 g/mol. The first-order valence-corrected chi connectivity index (χ1v) is 7.19. The molecule has 0 spiro atoms. The number of aryl methyl sites for hydroxylation is 1. The van der Waals surface area contributed by atoms with Crippen molar-refractivity contribution in [2.75, 3.05) is 12.3 Å². The lowest BCUT2D eigenvalue weighted by atomic mass is 10.2. The molecule has 0 aliphatic heterocycles. The second kappa shape index (κ2) is 5.67. The van der Waals surface area contributed by atoms with E-state index in [4.69, 9.17) is 10.5 Å². The summed E-state index contributed by atoms with van der Waals surface area (Å²) < 4.78 is 6.49. The average molecular weight is 328 g/mol. The molecule has 0 aromatic carbocycles. The maximum Gasteiger partial charge on any atom is 0.228 e. The fourth-order valence-electron chi connectivity index (χ4n) is 1.48. The Balaban J connectivity index is 1.99. The SMILES string of the molecule is Cc1ncsc1CCOc1ncc(N)c(C)c1Br. The monoisotopic (exact) mass is 327 g/mol. The molecule has 0 radical (unpaired) electrons. The van der Waals surface area contributed by atoms with Crippen LogP contribution in [0, 0.1) is 13.8 Å². The third-order valence-electron chi connectivity index (χ3n) is 2.68. The van der Waals surface area contributed by atoms with Crippen LogP contribution in [0.15, 0.2) is 16.2 Å². The Morgan fingerprint density at radius 3 is 2.83 bits per heavy atom. The minimum absolute atomic E-state index is 0.581. The summed E-state index contributed by atoms with van der Waals surface area (Å²) in [5.41, 5.74) is 10.3. The lowest BCUT2D eigenvalue weighted by Crippen LogP contribution is -2.04. The fourth-order valence-corrected chi connectivity index (χ4v) is 2.68. The minimum Gasteiger partial charge on any atom is -0.476 e. The van der Waals surface area contributed by atoms with Gasteiger partial charge in [0.1, 0.15) is 0 Å². The van der Waals surface area contributed by atoms with Gasteiger partial charge < -0.3 is 10.5 Å². The van der Waals surface area contributed by atoms with Crippen LogP contribution in [-0.4, -0.2) is 16.6 Å². The zero-order valence-electron chi connectivity index (χ0n) is 10.2. The fraction of sp³-hybridized carbons (Fsp3) is 0.333. The molecule has 0 fully saturated rings. The molecular formula is C12H14BrN3OS. The standard InChI is InChI=1S/C12H14BrN3OS/c1-7-9(14)5-15-12(11(7)13)17-4-3-10-8(2)16-6-18-10/h5-6H,3-4,14H2,1-2H3. The van der Waals surface area contributed by atoms with Crippen LogP contribution in [0.1, 0.15) is 16.1 Å². The Bertz CT molecular complexity index is 556. The molecule has 2 N–H and O–H groups in total. The number of halogens is 1. The second-order valence-electron chi connectivity index (χ2n) is 3.92. The van der Waals surface area contributed by atoms with Gasteiger partial charge in [0.15, 0.2) is 0 Å². The van der Waals surface area contributed by atoms with E-state index in [-0.39, 0.29) is 0 Å². The molecule has 2 rings (SSSR count). The highest BCUT2D eigenvalue weighted by Crippen LogP contribution is 2.29. The van der Waals surface area contributed by atoms with Gasteiger partial charge in [0, 0.05) is 11.3 Å². The molecule has 2 aromatic heterocycles. The van der Waals surface area contributed by atoms with Crippen LogP contribution >= 0.6 is 27.3 Å². The van der Waals surface area contributed by atoms with Crippen molar-refractivity contribution in [3.63, 3.8) is 0 Å². The van der Waals surface area contributed by atoms with E-state index in [0.717, 1.165) is 22.2 Å². The molecule has 0 unspecified atom stereocenters. The van der Waals surface area contributed by atoms with Gasteiger partial charge in [-0.15, -0.1) is 11.3 Å². The molecule has 0 aliphatic carbocycles. The maximum absolute atomic E-state index is 5.76. The van der Waals surface area contributed by atoms with Gasteiger partial charge in [0.25, 0.3) is 0 Å². The number of anilines is 1. The van der Waals surface area contributed by atoms with Crippen molar-refractivity contribution in [2.24, 2.45) is 0 Å². The first kappa shape index (κ1) is 13.3. The van der Waals surface area contributed by atoms with Gasteiger partial charge in [-0.3, -0.25) is 0 Å². The number of pyridine rings is 1. The van der Waals surface area contributed by atoms with Crippen molar-refractivity contribution in [2.45, 2.75) is 20.3 Å². The Kier molecular flexibility index (Phi) is 4.19. The van der Waals surface area contributed by atoms with E-state index in [1.165, 1.54) is 4.88 Å². The van der Waals surface area contributed by atoms with E-state index in [9.17, 15) is 0 Å². The van der Waals surface area contributed by atoms with Crippen molar-refractivity contribution < 1.29 is 4.74 Å². The minimum atomic E-state index is 0.581. The van der Waals surface area contributed by atoms with Crippen LogP contribution in [0.3, 0.4) is 0 Å². The Labute approximate surface area is 118 Å². The van der Waals surface area contributed by atoms with E-state index in [1.807, 2.05) is 19.4 Å². The quantitative estimate of drug-likeness (QED) is 0.937. The molecule has 0 atom stereocenters. The van der Waals surface area contributed by atoms with Crippen molar-refractivity contribution in [3.8, 4) is 5.88 Å². The Hall–Kier alpha value is -1.14. The summed E-state index contributed by atoms with van der Waals surface area (Å²) in [6, 6.07) is 0. The number of aromatic nitrogens is 2. The lowest BCUT2D eigenvalue weighted by molar-refractivity contribution is 0.308. The number of nitrogen functional groups attached to an aromatic ring is 1. The molecule has 0 saturated carbocycles. The van der Waals surface area contributed by atoms with E-state index in [2.05, 4.69) is 25.9 Å². The van der Waals surface area contributed by atoms with Crippen LogP contribution in [-0.2, 0) is 6.42 Å². The number of thiazole rings is 1. The predicted molar refractivity (Wildman–Crippen MR) is 77.1 cm³/mol. The summed E-state index contributed by atoms with van der Waals surface area (Å²) in [5, 5.41) is 0. The van der Waals surface area contributed by atoms with E-state index >= 15 is 0 Å². The van der Waals surface area contributed by atoms with Crippen LogP contribution in [0.5, 0.6) is 5.88 Å². The molecule has 0 aliphatic rings. The van der Waals surface area contributed by atoms with E-state index in [0.29, 0.717) is 18.2 Å². The number of ether oxygens (including phenoxy) is 1. The highest BCUT2D eigenvalue weighted by molar-refractivity contribution is 9.10. The van der Waals surface area contributed by atoms with E-state index in [1.54, 1.807) is 17.5 Å². The first-order valence-electron chi connectivity index (χ1n) is 5.52. The second-order valence-corrected chi connectivity index (χ2v) is 5.65. The summed E-state index contributed by atoms with van der Waals surface area (Å²) in [7, 11) is 0. The zero-order valence-corrected chi connectivity index (χ0v) is 12.6. The first-order chi connectivity index (χ1) is 8.59. The Morgan fingerprint density at radius 2 is 2.17 bits per heavy atom. The predicted octanol–water partition coefficient (Wildman–Crippen LogP) is 3.12. The van der Waals surface area contributed by atoms with Gasteiger partial charge in [-0.05, 0) is 35.3 Å². The van der Waals surface area contributed by atoms with Gasteiger partial charge in [0.2, 0.25) is 5.88 Å². The van der Waals surface area contributed by atoms with Gasteiger partial charge in [-0.25, -0.2) is 9.97 Å². The van der Waals surface area contributed by atoms with E-state index < -0.39 is 0 Å². The topological polar surface area (TPSA) is 61.0 Å². The van der Waals surface area contributed by atoms with Crippen LogP contribution in [0.2, 0.25) is 0 Å². The number of hydrogen-bond donors (Lipinski definition) is 1. The summed E-state index contributed by atoms with van der Waals surface area (Å²) in [6.45, 7) is 4.52. The molecule has 96 valence electrons. The molecule has 6 heteroatoms. The highest BCUT2D eigenvalue weighted by Gasteiger charge is 2.09. The van der Waals surface area contributed by atoms with Crippen molar-refractivity contribution in [3.05, 3.63) is 32.3 Å². The Morgan fingerprint density at radius 1 is 1.39 bits per heavy atom. The normalized spacial score (nSPS) is 10.6. The number of hydrogen-bond acceptors (Lipinski definition) is 5. The number of rotatable bonds is 4. The molecule has 4 nitrogen and oxygen atoms in total. The van der Waals surface area contributed by atoms with Crippen molar-refractivity contribution in [1.29, 1.82) is 0 Å². The number of nitrogens with zero attached hydrogens (tertiary/aromatic N) is 2. The van der Waals surface area contributed by atoms with Crippen LogP contribution in [0.25, 0.3) is 0 Å². The largest absolute Gasteiger partial charge is 0.476 e. The highest BCUT2D eigenvalue weighted by atomic mass is 79.9. The average Bonchev–Trinajstić information content (AvgIpc) is 2.75. The number of nitrogens with two attached hydrogens (primary N) is 1. The molecule has 0 bridgehead atoms. The molecule has 2 heterocycles. The van der Waals surface area contributed by atoms with Gasteiger partial charge in [-0.1, -0.05) is 0 Å². The molecule has 2 aromatic rings. The van der Waals surface area contributed by atoms with Crippen molar-refractivity contribution >= 4 is 33.0 Å². The van der Waals surface area contributed by atoms with Gasteiger partial charge >= 0.3 is 0 Å². The van der Waals surface area contributed by atoms with Gasteiger partial charge in [-0.2, -0.15) is 0 Å². The third kappa shape index (κ3) is 2.81. The van der Waals surface area contributed by atoms with Crippen LogP contribution < -0.4 is 10.5 Å². The summed E-state index contributed by atoms with van der Waals surface area (Å²) >= 11 is 5.10. The molecule has 0 amide bonds. The molecule has 18 heavy (non-hydrogen) atoms. The molecule has 0 saturated heterocycles. The summed E-state index contributed by atoms with van der Waals surface area (Å²) in [4.78, 5) is 9.63. The smallest absolute Gasteiger partial charge is 0.228 e. The lowest BCUT2D eigenvalue weighted by Gasteiger charge is -2.09. The zero-order chi connectivity index (χ0) is 13.1. The van der Waals surface area contributed by atoms with Crippen molar-refractivity contribution in [1.82, 2.24) is 9.97 Å². The summed E-state index contributed by atoms with van der Waals surface area (Å²) in [6.07, 6.45) is 2.46. The maximum atomic E-state index is 5.76.